The smallest absolute Gasteiger partial charge is 0.256 e. The maximum absolute atomic E-state index is 12.7. The van der Waals surface area contributed by atoms with E-state index >= 15 is 0 Å². The second-order valence-electron chi connectivity index (χ2n) is 8.19. The van der Waals surface area contributed by atoms with E-state index in [2.05, 4.69) is 31.4 Å². The van der Waals surface area contributed by atoms with Gasteiger partial charge in [-0.05, 0) is 55.2 Å². The van der Waals surface area contributed by atoms with E-state index in [4.69, 9.17) is 0 Å². The van der Waals surface area contributed by atoms with Crippen LogP contribution in [0.2, 0.25) is 0 Å². The lowest BCUT2D eigenvalue weighted by atomic mass is 9.72. The number of thiophene rings is 1. The predicted octanol–water partition coefficient (Wildman–Crippen LogP) is 4.90. The molecule has 1 aliphatic rings. The lowest BCUT2D eigenvalue weighted by Crippen LogP contribution is -2.28. The maximum Gasteiger partial charge on any atom is 0.256 e. The number of carbonyl (C=O) groups excluding carboxylic acids is 2. The van der Waals surface area contributed by atoms with Crippen LogP contribution in [-0.2, 0) is 12.8 Å². The van der Waals surface area contributed by atoms with Crippen LogP contribution >= 0.6 is 11.3 Å². The summed E-state index contributed by atoms with van der Waals surface area (Å²) in [5.74, 6) is 0.322. The van der Waals surface area contributed by atoms with Gasteiger partial charge in [-0.15, -0.1) is 11.3 Å². The van der Waals surface area contributed by atoms with Crippen molar-refractivity contribution in [1.82, 2.24) is 5.32 Å². The Kier molecular flexibility index (Phi) is 5.70. The van der Waals surface area contributed by atoms with Crippen LogP contribution in [0.1, 0.15) is 65.3 Å². The number of rotatable bonds is 4. The molecule has 1 heterocycles. The number of nitrogens with one attached hydrogen (secondary N) is 2. The molecule has 2 amide bonds. The maximum atomic E-state index is 12.7. The number of amides is 2. The van der Waals surface area contributed by atoms with E-state index in [1.807, 2.05) is 25.1 Å². The summed E-state index contributed by atoms with van der Waals surface area (Å²) >= 11 is 1.57. The molecule has 1 aliphatic carbocycles. The molecule has 3 rings (SSSR count). The highest BCUT2D eigenvalue weighted by molar-refractivity contribution is 7.17. The Morgan fingerprint density at radius 3 is 2.48 bits per heavy atom. The van der Waals surface area contributed by atoms with E-state index in [-0.39, 0.29) is 17.2 Å². The number of anilines is 1. The highest BCUT2D eigenvalue weighted by Gasteiger charge is 2.34. The van der Waals surface area contributed by atoms with Crippen LogP contribution in [0.3, 0.4) is 0 Å². The zero-order valence-electron chi connectivity index (χ0n) is 16.5. The fraction of sp³-hybridized carbons (Fsp3) is 0.455. The number of carbonyl (C=O) groups is 2. The molecule has 0 saturated carbocycles. The van der Waals surface area contributed by atoms with E-state index in [1.165, 1.54) is 4.88 Å². The minimum atomic E-state index is -0.174. The van der Waals surface area contributed by atoms with Crippen molar-refractivity contribution in [3.8, 4) is 0 Å². The molecule has 0 saturated heterocycles. The van der Waals surface area contributed by atoms with Crippen LogP contribution in [0.4, 0.5) is 5.00 Å². The van der Waals surface area contributed by atoms with Crippen LogP contribution in [0.15, 0.2) is 30.3 Å². The van der Waals surface area contributed by atoms with E-state index < -0.39 is 0 Å². The van der Waals surface area contributed by atoms with Crippen molar-refractivity contribution >= 4 is 28.2 Å². The lowest BCUT2D eigenvalue weighted by molar-refractivity contribution is 0.0955. The third kappa shape index (κ3) is 4.24. The number of benzene rings is 1. The van der Waals surface area contributed by atoms with Gasteiger partial charge in [0.15, 0.2) is 0 Å². The number of hydrogen-bond acceptors (Lipinski definition) is 3. The van der Waals surface area contributed by atoms with Crippen molar-refractivity contribution in [2.45, 2.75) is 47.0 Å². The zero-order valence-corrected chi connectivity index (χ0v) is 17.3. The predicted molar refractivity (Wildman–Crippen MR) is 112 cm³/mol. The molecule has 1 aromatic heterocycles. The molecule has 0 radical (unpaired) electrons. The number of hydrogen-bond donors (Lipinski definition) is 2. The molecule has 144 valence electrons. The minimum absolute atomic E-state index is 0.0902. The normalized spacial score (nSPS) is 16.5. The summed E-state index contributed by atoms with van der Waals surface area (Å²) in [7, 11) is 0. The van der Waals surface area contributed by atoms with Gasteiger partial charge in [-0.3, -0.25) is 9.59 Å². The molecule has 0 bridgehead atoms. The molecule has 0 fully saturated rings. The first-order valence-electron chi connectivity index (χ1n) is 9.60. The topological polar surface area (TPSA) is 58.2 Å². The summed E-state index contributed by atoms with van der Waals surface area (Å²) in [6.07, 6.45) is 2.93. The summed E-state index contributed by atoms with van der Waals surface area (Å²) in [5.41, 5.74) is 2.61. The van der Waals surface area contributed by atoms with Gasteiger partial charge in [-0.1, -0.05) is 39.0 Å². The molecule has 0 unspecified atom stereocenters. The van der Waals surface area contributed by atoms with Gasteiger partial charge in [0, 0.05) is 17.0 Å². The summed E-state index contributed by atoms with van der Waals surface area (Å²) in [6, 6.07) is 9.13. The van der Waals surface area contributed by atoms with E-state index in [0.717, 1.165) is 24.8 Å². The van der Waals surface area contributed by atoms with Gasteiger partial charge in [-0.2, -0.15) is 0 Å². The van der Waals surface area contributed by atoms with Crippen LogP contribution in [0.25, 0.3) is 0 Å². The first-order chi connectivity index (χ1) is 12.8. The van der Waals surface area contributed by atoms with Crippen molar-refractivity contribution in [2.75, 3.05) is 11.9 Å². The Morgan fingerprint density at radius 1 is 1.15 bits per heavy atom. The molecule has 0 spiro atoms. The SMILES string of the molecule is CCNC(=O)c1c(NC(=O)c2ccccc2)sc2c1CC[C@H](C(C)(C)C)C2. The third-order valence-corrected chi connectivity index (χ3v) is 6.49. The van der Waals surface area contributed by atoms with Gasteiger partial charge in [0.1, 0.15) is 5.00 Å². The number of fused-ring (bicyclic) bond motifs is 1. The van der Waals surface area contributed by atoms with E-state index in [0.29, 0.717) is 28.6 Å². The van der Waals surface area contributed by atoms with Gasteiger partial charge >= 0.3 is 0 Å². The molecule has 5 heteroatoms. The third-order valence-electron chi connectivity index (χ3n) is 5.32. The Morgan fingerprint density at radius 2 is 1.85 bits per heavy atom. The Hall–Kier alpha value is -2.14. The van der Waals surface area contributed by atoms with E-state index in [1.54, 1.807) is 23.5 Å². The fourth-order valence-corrected chi connectivity index (χ4v) is 4.99. The van der Waals surface area contributed by atoms with Crippen LogP contribution in [0, 0.1) is 11.3 Å². The molecule has 1 atom stereocenters. The standard InChI is InChI=1S/C22H28N2O2S/c1-5-23-20(26)18-16-12-11-15(22(2,3)4)13-17(16)27-21(18)24-19(25)14-9-7-6-8-10-14/h6-10,15H,5,11-13H2,1-4H3,(H,23,26)(H,24,25)/t15-/m0/s1. The summed E-state index contributed by atoms with van der Waals surface area (Å²) in [4.78, 5) is 26.6. The average molecular weight is 385 g/mol. The van der Waals surface area contributed by atoms with Crippen molar-refractivity contribution in [3.05, 3.63) is 51.9 Å². The lowest BCUT2D eigenvalue weighted by Gasteiger charge is -2.33. The minimum Gasteiger partial charge on any atom is -0.352 e. The zero-order chi connectivity index (χ0) is 19.6. The van der Waals surface area contributed by atoms with Gasteiger partial charge in [-0.25, -0.2) is 0 Å². The van der Waals surface area contributed by atoms with Crippen molar-refractivity contribution < 1.29 is 9.59 Å². The Bertz CT molecular complexity index is 834. The Labute approximate surface area is 165 Å². The molecule has 2 N–H and O–H groups in total. The molecular formula is C22H28N2O2S. The van der Waals surface area contributed by atoms with Gasteiger partial charge in [0.25, 0.3) is 11.8 Å². The summed E-state index contributed by atoms with van der Waals surface area (Å²) < 4.78 is 0. The first kappa shape index (κ1) is 19.6. The van der Waals surface area contributed by atoms with Gasteiger partial charge in [0.2, 0.25) is 0 Å². The monoisotopic (exact) mass is 384 g/mol. The largest absolute Gasteiger partial charge is 0.352 e. The summed E-state index contributed by atoms with van der Waals surface area (Å²) in [6.45, 7) is 9.31. The van der Waals surface area contributed by atoms with Crippen LogP contribution in [0.5, 0.6) is 0 Å². The van der Waals surface area contributed by atoms with Gasteiger partial charge < -0.3 is 10.6 Å². The van der Waals surface area contributed by atoms with Gasteiger partial charge in [0.05, 0.1) is 5.56 Å². The highest BCUT2D eigenvalue weighted by atomic mass is 32.1. The van der Waals surface area contributed by atoms with Crippen molar-refractivity contribution in [3.63, 3.8) is 0 Å². The second kappa shape index (κ2) is 7.85. The summed E-state index contributed by atoms with van der Waals surface area (Å²) in [5, 5.41) is 6.58. The molecule has 0 aliphatic heterocycles. The van der Waals surface area contributed by atoms with Crippen molar-refractivity contribution in [1.29, 1.82) is 0 Å². The molecule has 2 aromatic rings. The van der Waals surface area contributed by atoms with E-state index in [9.17, 15) is 9.59 Å². The molecular weight excluding hydrogens is 356 g/mol. The van der Waals surface area contributed by atoms with Crippen LogP contribution < -0.4 is 10.6 Å². The van der Waals surface area contributed by atoms with Crippen molar-refractivity contribution in [2.24, 2.45) is 11.3 Å². The Balaban J connectivity index is 1.94. The second-order valence-corrected chi connectivity index (χ2v) is 9.30. The van der Waals surface area contributed by atoms with Crippen LogP contribution in [-0.4, -0.2) is 18.4 Å². The highest BCUT2D eigenvalue weighted by Crippen LogP contribution is 2.44. The molecule has 1 aromatic carbocycles. The quantitative estimate of drug-likeness (QED) is 0.787. The molecule has 4 nitrogen and oxygen atoms in total. The average Bonchev–Trinajstić information content (AvgIpc) is 2.99. The first-order valence-corrected chi connectivity index (χ1v) is 10.4. The fourth-order valence-electron chi connectivity index (χ4n) is 3.67. The molecule has 27 heavy (non-hydrogen) atoms.